The third-order valence-electron chi connectivity index (χ3n) is 4.82. The lowest BCUT2D eigenvalue weighted by atomic mass is 9.83. The average Bonchev–Trinajstić information content (AvgIpc) is 2.74. The van der Waals surface area contributed by atoms with Gasteiger partial charge in [0.2, 0.25) is 0 Å². The fourth-order valence-electron chi connectivity index (χ4n) is 3.93. The minimum atomic E-state index is 0.534. The van der Waals surface area contributed by atoms with Crippen molar-refractivity contribution in [3.8, 4) is 0 Å². The van der Waals surface area contributed by atoms with Crippen molar-refractivity contribution < 1.29 is 0 Å². The minimum absolute atomic E-state index is 0.534. The molecule has 3 fully saturated rings. The Morgan fingerprint density at radius 3 is 2.43 bits per heavy atom. The van der Waals surface area contributed by atoms with Crippen molar-refractivity contribution in [2.45, 2.75) is 57.4 Å². The maximum atomic E-state index is 6.23. The fourth-order valence-corrected chi connectivity index (χ4v) is 3.93. The van der Waals surface area contributed by atoms with Crippen LogP contribution in [0.15, 0.2) is 0 Å². The molecule has 3 aliphatic rings. The quantitative estimate of drug-likeness (QED) is 0.730. The van der Waals surface area contributed by atoms with E-state index in [2.05, 4.69) is 0 Å². The van der Waals surface area contributed by atoms with Gasteiger partial charge in [-0.25, -0.2) is 0 Å². The summed E-state index contributed by atoms with van der Waals surface area (Å²) in [6.45, 7) is 0. The Hall–Kier alpha value is -0.0400. The lowest BCUT2D eigenvalue weighted by Crippen LogP contribution is -2.26. The summed E-state index contributed by atoms with van der Waals surface area (Å²) in [7, 11) is 0. The number of fused-ring (bicyclic) bond motifs is 2. The Labute approximate surface area is 87.4 Å². The van der Waals surface area contributed by atoms with E-state index in [9.17, 15) is 0 Å². The van der Waals surface area contributed by atoms with Crippen molar-refractivity contribution in [1.82, 2.24) is 0 Å². The molecule has 1 heteroatoms. The molecular weight excluding hydrogens is 170 g/mol. The molecule has 0 radical (unpaired) electrons. The Bertz CT molecular complexity index is 209. The van der Waals surface area contributed by atoms with Crippen molar-refractivity contribution in [3.05, 3.63) is 0 Å². The van der Waals surface area contributed by atoms with E-state index in [1.54, 1.807) is 6.42 Å². The summed E-state index contributed by atoms with van der Waals surface area (Å²) >= 11 is 0. The zero-order chi connectivity index (χ0) is 9.54. The van der Waals surface area contributed by atoms with Gasteiger partial charge in [0.05, 0.1) is 0 Å². The van der Waals surface area contributed by atoms with Crippen molar-refractivity contribution in [2.75, 3.05) is 0 Å². The first-order chi connectivity index (χ1) is 6.81. The third kappa shape index (κ3) is 1.84. The first kappa shape index (κ1) is 9.21. The maximum Gasteiger partial charge on any atom is 0.00442 e. The standard InChI is InChI=1S/C13H23N/c14-13(7-9-1-2-9)8-12-6-10-3-4-11(12)5-10/h9-13H,1-8,14H2. The highest BCUT2D eigenvalue weighted by molar-refractivity contribution is 4.92. The van der Waals surface area contributed by atoms with Crippen LogP contribution >= 0.6 is 0 Å². The van der Waals surface area contributed by atoms with E-state index in [1.165, 1.54) is 44.9 Å². The number of rotatable bonds is 4. The van der Waals surface area contributed by atoms with Crippen LogP contribution in [0.25, 0.3) is 0 Å². The molecule has 0 spiro atoms. The maximum absolute atomic E-state index is 6.23. The van der Waals surface area contributed by atoms with Crippen LogP contribution in [-0.2, 0) is 0 Å². The molecule has 2 N–H and O–H groups in total. The van der Waals surface area contributed by atoms with Gasteiger partial charge in [-0.15, -0.1) is 0 Å². The molecule has 4 unspecified atom stereocenters. The summed E-state index contributed by atoms with van der Waals surface area (Å²) in [6.07, 6.45) is 11.7. The van der Waals surface area contributed by atoms with Gasteiger partial charge >= 0.3 is 0 Å². The normalized spacial score (nSPS) is 43.1. The molecule has 0 aliphatic heterocycles. The molecule has 0 aromatic rings. The summed E-state index contributed by atoms with van der Waals surface area (Å²) in [4.78, 5) is 0. The number of hydrogen-bond acceptors (Lipinski definition) is 1. The number of hydrogen-bond donors (Lipinski definition) is 1. The molecular formula is C13H23N. The van der Waals surface area contributed by atoms with E-state index < -0.39 is 0 Å². The van der Waals surface area contributed by atoms with E-state index in [1.807, 2.05) is 0 Å². The van der Waals surface area contributed by atoms with Gasteiger partial charge in [0, 0.05) is 6.04 Å². The Balaban J connectivity index is 1.47. The van der Waals surface area contributed by atoms with Gasteiger partial charge in [-0.1, -0.05) is 19.3 Å². The second-order valence-corrected chi connectivity index (χ2v) is 6.11. The van der Waals surface area contributed by atoms with E-state index in [0.717, 1.165) is 23.7 Å². The van der Waals surface area contributed by atoms with Crippen molar-refractivity contribution >= 4 is 0 Å². The average molecular weight is 193 g/mol. The zero-order valence-corrected chi connectivity index (χ0v) is 9.12. The molecule has 0 heterocycles. The predicted molar refractivity (Wildman–Crippen MR) is 58.9 cm³/mol. The molecule has 0 aromatic carbocycles. The van der Waals surface area contributed by atoms with Crippen LogP contribution in [0.4, 0.5) is 0 Å². The predicted octanol–water partition coefficient (Wildman–Crippen LogP) is 2.94. The monoisotopic (exact) mass is 193 g/mol. The van der Waals surface area contributed by atoms with Gasteiger partial charge in [-0.05, 0) is 55.8 Å². The van der Waals surface area contributed by atoms with E-state index in [4.69, 9.17) is 5.73 Å². The number of nitrogens with two attached hydrogens (primary N) is 1. The van der Waals surface area contributed by atoms with Crippen LogP contribution in [0.3, 0.4) is 0 Å². The van der Waals surface area contributed by atoms with Gasteiger partial charge in [0.15, 0.2) is 0 Å². The van der Waals surface area contributed by atoms with Crippen molar-refractivity contribution in [3.63, 3.8) is 0 Å². The minimum Gasteiger partial charge on any atom is -0.328 e. The molecule has 1 nitrogen and oxygen atoms in total. The van der Waals surface area contributed by atoms with Crippen LogP contribution in [0.2, 0.25) is 0 Å². The summed E-state index contributed by atoms with van der Waals surface area (Å²) < 4.78 is 0. The largest absolute Gasteiger partial charge is 0.328 e. The lowest BCUT2D eigenvalue weighted by Gasteiger charge is -2.24. The molecule has 0 aromatic heterocycles. The van der Waals surface area contributed by atoms with E-state index >= 15 is 0 Å². The topological polar surface area (TPSA) is 26.0 Å². The van der Waals surface area contributed by atoms with Crippen molar-refractivity contribution in [1.29, 1.82) is 0 Å². The van der Waals surface area contributed by atoms with Crippen LogP contribution in [0, 0.1) is 23.7 Å². The first-order valence-electron chi connectivity index (χ1n) is 6.57. The summed E-state index contributed by atoms with van der Waals surface area (Å²) in [5.74, 6) is 4.20. The summed E-state index contributed by atoms with van der Waals surface area (Å²) in [6, 6.07) is 0.534. The SMILES string of the molecule is NC(CC1CC1)CC1CC2CCC1C2. The fraction of sp³-hybridized carbons (Fsp3) is 1.00. The second kappa shape index (κ2) is 3.52. The Kier molecular flexibility index (Phi) is 2.31. The molecule has 3 rings (SSSR count). The highest BCUT2D eigenvalue weighted by Crippen LogP contribution is 2.50. The van der Waals surface area contributed by atoms with Crippen molar-refractivity contribution in [2.24, 2.45) is 29.4 Å². The highest BCUT2D eigenvalue weighted by Gasteiger charge is 2.40. The molecule has 0 saturated heterocycles. The molecule has 3 aliphatic carbocycles. The lowest BCUT2D eigenvalue weighted by molar-refractivity contribution is 0.287. The van der Waals surface area contributed by atoms with Crippen LogP contribution in [0.1, 0.15) is 51.4 Å². The van der Waals surface area contributed by atoms with E-state index in [0.29, 0.717) is 6.04 Å². The van der Waals surface area contributed by atoms with Crippen LogP contribution in [0.5, 0.6) is 0 Å². The molecule has 14 heavy (non-hydrogen) atoms. The second-order valence-electron chi connectivity index (χ2n) is 6.11. The van der Waals surface area contributed by atoms with E-state index in [-0.39, 0.29) is 0 Å². The zero-order valence-electron chi connectivity index (χ0n) is 9.12. The molecule has 0 amide bonds. The Morgan fingerprint density at radius 1 is 1.00 bits per heavy atom. The molecule has 4 atom stereocenters. The molecule has 3 saturated carbocycles. The van der Waals surface area contributed by atoms with Crippen LogP contribution < -0.4 is 5.73 Å². The summed E-state index contributed by atoms with van der Waals surface area (Å²) in [5, 5.41) is 0. The highest BCUT2D eigenvalue weighted by atomic mass is 14.6. The van der Waals surface area contributed by atoms with Gasteiger partial charge in [-0.3, -0.25) is 0 Å². The first-order valence-corrected chi connectivity index (χ1v) is 6.57. The Morgan fingerprint density at radius 2 is 1.86 bits per heavy atom. The summed E-state index contributed by atoms with van der Waals surface area (Å²) in [5.41, 5.74) is 6.23. The van der Waals surface area contributed by atoms with Gasteiger partial charge in [0.25, 0.3) is 0 Å². The van der Waals surface area contributed by atoms with Gasteiger partial charge < -0.3 is 5.73 Å². The molecule has 2 bridgehead atoms. The van der Waals surface area contributed by atoms with Crippen LogP contribution in [-0.4, -0.2) is 6.04 Å². The molecule has 80 valence electrons. The third-order valence-corrected chi connectivity index (χ3v) is 4.82. The van der Waals surface area contributed by atoms with Gasteiger partial charge in [-0.2, -0.15) is 0 Å². The smallest absolute Gasteiger partial charge is 0.00442 e. The van der Waals surface area contributed by atoms with Gasteiger partial charge in [0.1, 0.15) is 0 Å².